The van der Waals surface area contributed by atoms with Crippen molar-refractivity contribution in [1.82, 2.24) is 4.98 Å². The number of rotatable bonds is 5. The van der Waals surface area contributed by atoms with Crippen molar-refractivity contribution < 1.29 is 9.59 Å². The van der Waals surface area contributed by atoms with Gasteiger partial charge in [0.2, 0.25) is 5.91 Å². The van der Waals surface area contributed by atoms with Gasteiger partial charge in [-0.1, -0.05) is 25.1 Å². The number of nitrogens with zero attached hydrogens (tertiary/aromatic N) is 1. The number of hydrogen-bond acceptors (Lipinski definition) is 3. The van der Waals surface area contributed by atoms with Gasteiger partial charge in [0, 0.05) is 17.5 Å². The Morgan fingerprint density at radius 1 is 1.24 bits per heavy atom. The highest BCUT2D eigenvalue weighted by atomic mass is 16.2. The Morgan fingerprint density at radius 3 is 2.67 bits per heavy atom. The lowest BCUT2D eigenvalue weighted by Gasteiger charge is -2.10. The molecule has 0 aliphatic carbocycles. The number of amides is 1. The van der Waals surface area contributed by atoms with Gasteiger partial charge in [-0.25, -0.2) is 0 Å². The minimum Gasteiger partial charge on any atom is -0.369 e. The van der Waals surface area contributed by atoms with E-state index in [1.807, 2.05) is 31.3 Å². The van der Waals surface area contributed by atoms with Gasteiger partial charge in [-0.05, 0) is 42.2 Å². The van der Waals surface area contributed by atoms with E-state index in [-0.39, 0.29) is 12.2 Å². The molecule has 1 aromatic carbocycles. The average Bonchev–Trinajstić information content (AvgIpc) is 2.46. The normalized spacial score (nSPS) is 10.4. The number of carbonyl (C=O) groups is 2. The predicted octanol–water partition coefficient (Wildman–Crippen LogP) is 2.68. The molecule has 0 aliphatic heterocycles. The first-order valence-corrected chi connectivity index (χ1v) is 6.88. The summed E-state index contributed by atoms with van der Waals surface area (Å²) in [6, 6.07) is 9.29. The van der Waals surface area contributed by atoms with Crippen molar-refractivity contribution >= 4 is 11.7 Å². The fourth-order valence-corrected chi connectivity index (χ4v) is 2.26. The topological polar surface area (TPSA) is 73.1 Å². The lowest BCUT2D eigenvalue weighted by atomic mass is 9.96. The van der Waals surface area contributed by atoms with Crippen molar-refractivity contribution in [2.24, 2.45) is 5.73 Å². The Kier molecular flexibility index (Phi) is 4.48. The Morgan fingerprint density at radius 2 is 2.00 bits per heavy atom. The number of aryl methyl sites for hydroxylation is 2. The predicted molar refractivity (Wildman–Crippen MR) is 81.9 cm³/mol. The maximum Gasteiger partial charge on any atom is 0.225 e. The lowest BCUT2D eigenvalue weighted by Crippen LogP contribution is -2.16. The summed E-state index contributed by atoms with van der Waals surface area (Å²) in [5, 5.41) is 0. The number of hydrogen-bond donors (Lipinski definition) is 1. The first-order chi connectivity index (χ1) is 10.0. The van der Waals surface area contributed by atoms with Crippen LogP contribution in [0.25, 0.3) is 11.1 Å². The molecule has 0 saturated heterocycles. The zero-order valence-corrected chi connectivity index (χ0v) is 12.2. The summed E-state index contributed by atoms with van der Waals surface area (Å²) < 4.78 is 0. The van der Waals surface area contributed by atoms with E-state index >= 15 is 0 Å². The highest BCUT2D eigenvalue weighted by Crippen LogP contribution is 2.25. The van der Waals surface area contributed by atoms with Crippen LogP contribution in [0.15, 0.2) is 36.5 Å². The van der Waals surface area contributed by atoms with Crippen LogP contribution in [-0.2, 0) is 11.2 Å². The van der Waals surface area contributed by atoms with Crippen molar-refractivity contribution in [3.05, 3.63) is 53.3 Å². The van der Waals surface area contributed by atoms with Crippen molar-refractivity contribution in [1.29, 1.82) is 0 Å². The monoisotopic (exact) mass is 282 g/mol. The fourth-order valence-electron chi connectivity index (χ4n) is 2.26. The van der Waals surface area contributed by atoms with Crippen LogP contribution >= 0.6 is 0 Å². The van der Waals surface area contributed by atoms with E-state index in [0.29, 0.717) is 5.56 Å². The Hall–Kier alpha value is -2.49. The number of benzene rings is 1. The first kappa shape index (κ1) is 14.9. The van der Waals surface area contributed by atoms with Crippen LogP contribution in [0.1, 0.15) is 35.0 Å². The van der Waals surface area contributed by atoms with Crippen LogP contribution in [-0.4, -0.2) is 16.7 Å². The molecule has 0 atom stereocenters. The maximum absolute atomic E-state index is 11.9. The van der Waals surface area contributed by atoms with Crippen LogP contribution in [0.2, 0.25) is 0 Å². The van der Waals surface area contributed by atoms with Gasteiger partial charge >= 0.3 is 0 Å². The van der Waals surface area contributed by atoms with Crippen molar-refractivity contribution in [3.8, 4) is 11.1 Å². The van der Waals surface area contributed by atoms with E-state index in [0.717, 1.165) is 28.8 Å². The molecule has 4 nitrogen and oxygen atoms in total. The molecule has 108 valence electrons. The van der Waals surface area contributed by atoms with Gasteiger partial charge in [-0.2, -0.15) is 0 Å². The molecule has 0 bridgehead atoms. The SMILES string of the molecule is CCc1cnc(C)cc1-c1cccc(C(=O)CC(N)=O)c1. The molecule has 0 saturated carbocycles. The summed E-state index contributed by atoms with van der Waals surface area (Å²) in [6.07, 6.45) is 2.46. The summed E-state index contributed by atoms with van der Waals surface area (Å²) >= 11 is 0. The minimum atomic E-state index is -0.612. The van der Waals surface area contributed by atoms with E-state index in [9.17, 15) is 9.59 Å². The number of nitrogens with two attached hydrogens (primary N) is 1. The quantitative estimate of drug-likeness (QED) is 0.677. The van der Waals surface area contributed by atoms with Crippen LogP contribution in [0.5, 0.6) is 0 Å². The lowest BCUT2D eigenvalue weighted by molar-refractivity contribution is -0.117. The summed E-state index contributed by atoms with van der Waals surface area (Å²) in [5.74, 6) is -0.868. The van der Waals surface area contributed by atoms with Gasteiger partial charge in [0.25, 0.3) is 0 Å². The van der Waals surface area contributed by atoms with Crippen LogP contribution in [0.4, 0.5) is 0 Å². The smallest absolute Gasteiger partial charge is 0.225 e. The molecule has 0 unspecified atom stereocenters. The Labute approximate surface area is 124 Å². The molecular weight excluding hydrogens is 264 g/mol. The molecule has 1 aromatic heterocycles. The third-order valence-corrected chi connectivity index (χ3v) is 3.33. The molecule has 0 aliphatic rings. The van der Waals surface area contributed by atoms with Crippen molar-refractivity contribution in [2.75, 3.05) is 0 Å². The van der Waals surface area contributed by atoms with Gasteiger partial charge in [0.05, 0.1) is 6.42 Å². The summed E-state index contributed by atoms with van der Waals surface area (Å²) in [6.45, 7) is 4.00. The second kappa shape index (κ2) is 6.31. The maximum atomic E-state index is 11.9. The summed E-state index contributed by atoms with van der Waals surface area (Å²) in [4.78, 5) is 27.1. The zero-order valence-electron chi connectivity index (χ0n) is 12.2. The molecule has 1 heterocycles. The standard InChI is InChI=1S/C17H18N2O2/c1-3-12-10-19-11(2)7-15(12)13-5-4-6-14(8-13)16(20)9-17(18)21/h4-8,10H,3,9H2,1-2H3,(H2,18,21). The highest BCUT2D eigenvalue weighted by Gasteiger charge is 2.11. The van der Waals surface area contributed by atoms with Crippen LogP contribution in [0, 0.1) is 6.92 Å². The minimum absolute atomic E-state index is 0.256. The van der Waals surface area contributed by atoms with Gasteiger partial charge in [0.15, 0.2) is 5.78 Å². The number of primary amides is 1. The molecule has 1 amide bonds. The van der Waals surface area contributed by atoms with Crippen molar-refractivity contribution in [2.45, 2.75) is 26.7 Å². The third-order valence-electron chi connectivity index (χ3n) is 3.33. The van der Waals surface area contributed by atoms with Gasteiger partial charge < -0.3 is 5.73 Å². The van der Waals surface area contributed by atoms with Gasteiger partial charge in [-0.3, -0.25) is 14.6 Å². The number of Topliss-reactive ketones (excluding diaryl/α,β-unsaturated/α-hetero) is 1. The molecule has 21 heavy (non-hydrogen) atoms. The number of ketones is 1. The van der Waals surface area contributed by atoms with Crippen molar-refractivity contribution in [3.63, 3.8) is 0 Å². The summed E-state index contributed by atoms with van der Waals surface area (Å²) in [5.41, 5.74) is 9.65. The van der Waals surface area contributed by atoms with Gasteiger partial charge in [-0.15, -0.1) is 0 Å². The molecule has 0 radical (unpaired) electrons. The van der Waals surface area contributed by atoms with E-state index in [2.05, 4.69) is 11.9 Å². The molecule has 0 fully saturated rings. The highest BCUT2D eigenvalue weighted by molar-refractivity contribution is 6.07. The van der Waals surface area contributed by atoms with Gasteiger partial charge in [0.1, 0.15) is 0 Å². The number of aromatic nitrogens is 1. The molecule has 2 N–H and O–H groups in total. The average molecular weight is 282 g/mol. The molecule has 4 heteroatoms. The zero-order chi connectivity index (χ0) is 15.4. The summed E-state index contributed by atoms with van der Waals surface area (Å²) in [7, 11) is 0. The molecular formula is C17H18N2O2. The molecule has 2 aromatic rings. The third kappa shape index (κ3) is 3.54. The Balaban J connectivity index is 2.44. The van der Waals surface area contributed by atoms with Crippen LogP contribution in [0.3, 0.4) is 0 Å². The van der Waals surface area contributed by atoms with E-state index in [4.69, 9.17) is 5.73 Å². The second-order valence-electron chi connectivity index (χ2n) is 4.98. The number of pyridine rings is 1. The largest absolute Gasteiger partial charge is 0.369 e. The van der Waals surface area contributed by atoms with Crippen LogP contribution < -0.4 is 5.73 Å². The molecule has 2 rings (SSSR count). The van der Waals surface area contributed by atoms with E-state index < -0.39 is 5.91 Å². The first-order valence-electron chi connectivity index (χ1n) is 6.88. The van der Waals surface area contributed by atoms with E-state index in [1.165, 1.54) is 0 Å². The fraction of sp³-hybridized carbons (Fsp3) is 0.235. The van der Waals surface area contributed by atoms with E-state index in [1.54, 1.807) is 12.1 Å². The molecule has 0 spiro atoms. The second-order valence-corrected chi connectivity index (χ2v) is 4.98. The number of carbonyl (C=O) groups excluding carboxylic acids is 2. The Bertz CT molecular complexity index is 693.